The Hall–Kier alpha value is -1.22. The standard InChI is InChI=1S/C12H18N4O2S2/c1-9-6-12(19-11(9)8-13-2)20(17,18)14-7-10-4-5-16(3)15-10/h4-6,13-14H,7-8H2,1-3H3. The molecular weight excluding hydrogens is 296 g/mol. The van der Waals surface area contributed by atoms with E-state index in [-0.39, 0.29) is 6.54 Å². The topological polar surface area (TPSA) is 76.0 Å². The molecule has 0 fully saturated rings. The molecule has 2 N–H and O–H groups in total. The van der Waals surface area contributed by atoms with E-state index in [0.29, 0.717) is 16.4 Å². The van der Waals surface area contributed by atoms with Gasteiger partial charge in [0.2, 0.25) is 10.0 Å². The molecule has 2 heterocycles. The van der Waals surface area contributed by atoms with Crippen LogP contribution in [0.25, 0.3) is 0 Å². The summed E-state index contributed by atoms with van der Waals surface area (Å²) < 4.78 is 29.0. The van der Waals surface area contributed by atoms with Crippen LogP contribution in [0, 0.1) is 6.92 Å². The monoisotopic (exact) mass is 314 g/mol. The van der Waals surface area contributed by atoms with Crippen LogP contribution < -0.4 is 10.0 Å². The number of aromatic nitrogens is 2. The summed E-state index contributed by atoms with van der Waals surface area (Å²) in [5.41, 5.74) is 1.68. The fourth-order valence-corrected chi connectivity index (χ4v) is 4.40. The van der Waals surface area contributed by atoms with Gasteiger partial charge in [-0.25, -0.2) is 13.1 Å². The number of sulfonamides is 1. The number of nitrogens with zero attached hydrogens (tertiary/aromatic N) is 2. The van der Waals surface area contributed by atoms with E-state index in [2.05, 4.69) is 15.1 Å². The molecule has 2 aromatic rings. The minimum Gasteiger partial charge on any atom is -0.315 e. The predicted molar refractivity (Wildman–Crippen MR) is 79.1 cm³/mol. The fourth-order valence-electron chi connectivity index (χ4n) is 1.75. The van der Waals surface area contributed by atoms with Crippen LogP contribution in [-0.4, -0.2) is 25.2 Å². The van der Waals surface area contributed by atoms with E-state index in [1.54, 1.807) is 30.1 Å². The van der Waals surface area contributed by atoms with Gasteiger partial charge in [-0.05, 0) is 31.7 Å². The minimum absolute atomic E-state index is 0.196. The minimum atomic E-state index is -3.48. The third-order valence-corrected chi connectivity index (χ3v) is 5.92. The zero-order valence-corrected chi connectivity index (χ0v) is 13.3. The third kappa shape index (κ3) is 3.45. The van der Waals surface area contributed by atoms with Gasteiger partial charge in [0, 0.05) is 24.7 Å². The molecule has 0 radical (unpaired) electrons. The summed E-state index contributed by atoms with van der Waals surface area (Å²) in [6, 6.07) is 3.49. The summed E-state index contributed by atoms with van der Waals surface area (Å²) in [4.78, 5) is 1.03. The molecular formula is C12H18N4O2S2. The largest absolute Gasteiger partial charge is 0.315 e. The molecule has 0 amide bonds. The van der Waals surface area contributed by atoms with Crippen molar-refractivity contribution in [2.24, 2.45) is 7.05 Å². The number of aryl methyl sites for hydroxylation is 2. The average molecular weight is 314 g/mol. The lowest BCUT2D eigenvalue weighted by Crippen LogP contribution is -2.22. The van der Waals surface area contributed by atoms with Crippen LogP contribution in [0.2, 0.25) is 0 Å². The highest BCUT2D eigenvalue weighted by Crippen LogP contribution is 2.25. The van der Waals surface area contributed by atoms with Crippen LogP contribution in [0.4, 0.5) is 0 Å². The lowest BCUT2D eigenvalue weighted by molar-refractivity contribution is 0.581. The summed E-state index contributed by atoms with van der Waals surface area (Å²) in [6.45, 7) is 2.79. The van der Waals surface area contributed by atoms with Crippen molar-refractivity contribution < 1.29 is 8.42 Å². The molecule has 6 nitrogen and oxygen atoms in total. The smallest absolute Gasteiger partial charge is 0.250 e. The highest BCUT2D eigenvalue weighted by molar-refractivity contribution is 7.91. The molecule has 0 aliphatic carbocycles. The molecule has 0 atom stereocenters. The summed E-state index contributed by atoms with van der Waals surface area (Å²) in [5, 5.41) is 7.18. The van der Waals surface area contributed by atoms with E-state index in [9.17, 15) is 8.42 Å². The molecule has 0 bridgehead atoms. The first-order valence-corrected chi connectivity index (χ1v) is 8.44. The van der Waals surface area contributed by atoms with E-state index >= 15 is 0 Å². The molecule has 0 aliphatic heterocycles. The van der Waals surface area contributed by atoms with Crippen molar-refractivity contribution in [3.8, 4) is 0 Å². The second-order valence-electron chi connectivity index (χ2n) is 4.51. The lowest BCUT2D eigenvalue weighted by atomic mass is 10.3. The highest BCUT2D eigenvalue weighted by Gasteiger charge is 2.18. The van der Waals surface area contributed by atoms with E-state index in [0.717, 1.165) is 10.4 Å². The third-order valence-electron chi connectivity index (χ3n) is 2.81. The van der Waals surface area contributed by atoms with Crippen LogP contribution in [0.5, 0.6) is 0 Å². The van der Waals surface area contributed by atoms with Gasteiger partial charge in [0.05, 0.1) is 12.2 Å². The summed E-state index contributed by atoms with van der Waals surface area (Å²) in [5.74, 6) is 0. The van der Waals surface area contributed by atoms with Crippen molar-refractivity contribution in [3.63, 3.8) is 0 Å². The van der Waals surface area contributed by atoms with Crippen LogP contribution in [0.15, 0.2) is 22.5 Å². The molecule has 0 saturated carbocycles. The predicted octanol–water partition coefficient (Wildman–Crippen LogP) is 0.988. The van der Waals surface area contributed by atoms with Crippen molar-refractivity contribution in [3.05, 3.63) is 34.5 Å². The van der Waals surface area contributed by atoms with Crippen molar-refractivity contribution in [1.29, 1.82) is 0 Å². The first kappa shape index (κ1) is 15.2. The Labute approximate surface area is 122 Å². The maximum absolute atomic E-state index is 12.2. The van der Waals surface area contributed by atoms with Crippen molar-refractivity contribution in [2.75, 3.05) is 7.05 Å². The number of hydrogen-bond donors (Lipinski definition) is 2. The molecule has 110 valence electrons. The molecule has 2 aromatic heterocycles. The van der Waals surface area contributed by atoms with Gasteiger partial charge in [0.25, 0.3) is 0 Å². The zero-order chi connectivity index (χ0) is 14.8. The second-order valence-corrected chi connectivity index (χ2v) is 7.64. The maximum atomic E-state index is 12.2. The van der Waals surface area contributed by atoms with Gasteiger partial charge in [-0.15, -0.1) is 11.3 Å². The number of nitrogens with one attached hydrogen (secondary N) is 2. The Bertz CT molecular complexity index is 688. The Morgan fingerprint density at radius 3 is 2.75 bits per heavy atom. The fraction of sp³-hybridized carbons (Fsp3) is 0.417. The quantitative estimate of drug-likeness (QED) is 0.833. The van der Waals surface area contributed by atoms with Gasteiger partial charge in [0.1, 0.15) is 4.21 Å². The van der Waals surface area contributed by atoms with E-state index in [1.165, 1.54) is 11.3 Å². The van der Waals surface area contributed by atoms with E-state index in [4.69, 9.17) is 0 Å². The number of rotatable bonds is 6. The van der Waals surface area contributed by atoms with Crippen LogP contribution in [-0.2, 0) is 30.2 Å². The van der Waals surface area contributed by atoms with Gasteiger partial charge in [0.15, 0.2) is 0 Å². The number of hydrogen-bond acceptors (Lipinski definition) is 5. The Balaban J connectivity index is 2.11. The summed E-state index contributed by atoms with van der Waals surface area (Å²) >= 11 is 1.29. The molecule has 0 aliphatic rings. The SMILES string of the molecule is CNCc1sc(S(=O)(=O)NCc2ccn(C)n2)cc1C. The molecule has 0 aromatic carbocycles. The summed E-state index contributed by atoms with van der Waals surface area (Å²) in [6.07, 6.45) is 1.78. The van der Waals surface area contributed by atoms with Crippen LogP contribution in [0.1, 0.15) is 16.1 Å². The Kier molecular flexibility index (Phi) is 4.59. The van der Waals surface area contributed by atoms with E-state index < -0.39 is 10.0 Å². The molecule has 0 saturated heterocycles. The first-order chi connectivity index (χ1) is 9.42. The van der Waals surface area contributed by atoms with E-state index in [1.807, 2.05) is 14.0 Å². The normalized spacial score (nSPS) is 11.9. The molecule has 20 heavy (non-hydrogen) atoms. The van der Waals surface area contributed by atoms with Gasteiger partial charge in [-0.3, -0.25) is 4.68 Å². The molecule has 8 heteroatoms. The van der Waals surface area contributed by atoms with Crippen LogP contribution >= 0.6 is 11.3 Å². The van der Waals surface area contributed by atoms with Crippen molar-refractivity contribution in [1.82, 2.24) is 19.8 Å². The average Bonchev–Trinajstić information content (AvgIpc) is 2.95. The second kappa shape index (κ2) is 6.04. The lowest BCUT2D eigenvalue weighted by Gasteiger charge is -2.02. The summed E-state index contributed by atoms with van der Waals surface area (Å²) in [7, 11) is 0.159. The van der Waals surface area contributed by atoms with Gasteiger partial charge in [-0.1, -0.05) is 0 Å². The van der Waals surface area contributed by atoms with Crippen LogP contribution in [0.3, 0.4) is 0 Å². The van der Waals surface area contributed by atoms with Crippen molar-refractivity contribution >= 4 is 21.4 Å². The zero-order valence-electron chi connectivity index (χ0n) is 11.7. The van der Waals surface area contributed by atoms with Gasteiger partial charge >= 0.3 is 0 Å². The number of thiophene rings is 1. The van der Waals surface area contributed by atoms with Crippen molar-refractivity contribution in [2.45, 2.75) is 24.2 Å². The molecule has 0 spiro atoms. The Morgan fingerprint density at radius 1 is 1.40 bits per heavy atom. The maximum Gasteiger partial charge on any atom is 0.250 e. The first-order valence-electron chi connectivity index (χ1n) is 6.14. The Morgan fingerprint density at radius 2 is 2.15 bits per heavy atom. The molecule has 2 rings (SSSR count). The highest BCUT2D eigenvalue weighted by atomic mass is 32.2. The van der Waals surface area contributed by atoms with Gasteiger partial charge < -0.3 is 5.32 Å². The van der Waals surface area contributed by atoms with Gasteiger partial charge in [-0.2, -0.15) is 5.10 Å². The molecule has 0 unspecified atom stereocenters.